The lowest BCUT2D eigenvalue weighted by atomic mass is 9.97. The molecule has 5 heteroatoms. The molecular weight excluding hydrogens is 328 g/mol. The number of thiazole rings is 1. The largest absolute Gasteiger partial charge is 0.345 e. The fourth-order valence-electron chi connectivity index (χ4n) is 3.92. The second kappa shape index (κ2) is 6.54. The number of nitrogens with one attached hydrogen (secondary N) is 2. The third-order valence-electron chi connectivity index (χ3n) is 5.04. The Bertz CT molecular complexity index is 880. The number of rotatable bonds is 3. The molecule has 0 atom stereocenters. The number of piperidine rings is 1. The van der Waals surface area contributed by atoms with Crippen LogP contribution in [0.5, 0.6) is 0 Å². The van der Waals surface area contributed by atoms with Gasteiger partial charge in [-0.25, -0.2) is 4.98 Å². The minimum Gasteiger partial charge on any atom is -0.345 e. The van der Waals surface area contributed by atoms with Crippen molar-refractivity contribution in [1.29, 1.82) is 0 Å². The average Bonchev–Trinajstić information content (AvgIpc) is 3.12. The van der Waals surface area contributed by atoms with E-state index in [0.29, 0.717) is 11.8 Å². The molecule has 0 amide bonds. The van der Waals surface area contributed by atoms with E-state index in [1.165, 1.54) is 45.0 Å². The Kier molecular flexibility index (Phi) is 4.38. The summed E-state index contributed by atoms with van der Waals surface area (Å²) in [6.45, 7) is 10.9. The maximum atomic E-state index is 5.09. The summed E-state index contributed by atoms with van der Waals surface area (Å²) in [5, 5.41) is 4.75. The number of aryl methyl sites for hydroxylation is 2. The van der Waals surface area contributed by atoms with Gasteiger partial charge in [0.05, 0.1) is 10.7 Å². The molecule has 0 spiro atoms. The van der Waals surface area contributed by atoms with Gasteiger partial charge in [-0.3, -0.25) is 4.98 Å². The maximum Gasteiger partial charge on any atom is 0.121 e. The summed E-state index contributed by atoms with van der Waals surface area (Å²) in [4.78, 5) is 14.5. The highest BCUT2D eigenvalue weighted by Gasteiger charge is 2.24. The van der Waals surface area contributed by atoms with Crippen molar-refractivity contribution in [2.45, 2.75) is 52.4 Å². The monoisotopic (exact) mass is 354 g/mol. The van der Waals surface area contributed by atoms with Crippen LogP contribution in [-0.2, 0) is 0 Å². The van der Waals surface area contributed by atoms with Gasteiger partial charge in [0.25, 0.3) is 0 Å². The fourth-order valence-corrected chi connectivity index (χ4v) is 5.07. The molecule has 3 aromatic rings. The molecule has 1 fully saturated rings. The van der Waals surface area contributed by atoms with Crippen LogP contribution in [0.1, 0.15) is 60.5 Å². The van der Waals surface area contributed by atoms with Crippen LogP contribution in [0, 0.1) is 13.8 Å². The normalized spacial score (nSPS) is 16.2. The summed E-state index contributed by atoms with van der Waals surface area (Å²) in [5.74, 6) is 1.04. The van der Waals surface area contributed by atoms with E-state index in [0.717, 1.165) is 24.5 Å². The maximum absolute atomic E-state index is 5.09. The zero-order chi connectivity index (χ0) is 17.6. The first-order valence-corrected chi connectivity index (χ1v) is 10.0. The Hall–Kier alpha value is -1.72. The average molecular weight is 355 g/mol. The molecule has 1 aliphatic heterocycles. The van der Waals surface area contributed by atoms with E-state index in [1.807, 2.05) is 11.3 Å². The second-order valence-electron chi connectivity index (χ2n) is 7.46. The fraction of sp³-hybridized carbons (Fsp3) is 0.500. The molecule has 0 bridgehead atoms. The minimum atomic E-state index is 0.431. The van der Waals surface area contributed by atoms with Crippen molar-refractivity contribution in [2.75, 3.05) is 13.1 Å². The van der Waals surface area contributed by atoms with E-state index in [2.05, 4.69) is 55.1 Å². The summed E-state index contributed by atoms with van der Waals surface area (Å²) in [5.41, 5.74) is 7.08. The molecule has 0 unspecified atom stereocenters. The molecule has 0 radical (unpaired) electrons. The lowest BCUT2D eigenvalue weighted by Crippen LogP contribution is -2.26. The molecule has 0 aromatic carbocycles. The van der Waals surface area contributed by atoms with E-state index in [9.17, 15) is 0 Å². The van der Waals surface area contributed by atoms with Crippen molar-refractivity contribution < 1.29 is 0 Å². The molecule has 4 nitrogen and oxygen atoms in total. The molecule has 0 aliphatic carbocycles. The molecule has 4 rings (SSSR count). The zero-order valence-electron chi connectivity index (χ0n) is 15.4. The van der Waals surface area contributed by atoms with Crippen LogP contribution in [0.2, 0.25) is 0 Å². The number of H-pyrrole nitrogens is 1. The number of pyridine rings is 1. The predicted octanol–water partition coefficient (Wildman–Crippen LogP) is 4.89. The summed E-state index contributed by atoms with van der Waals surface area (Å²) in [7, 11) is 0. The van der Waals surface area contributed by atoms with Crippen LogP contribution >= 0.6 is 11.3 Å². The first-order valence-electron chi connectivity index (χ1n) is 9.21. The van der Waals surface area contributed by atoms with Crippen molar-refractivity contribution in [3.63, 3.8) is 0 Å². The summed E-state index contributed by atoms with van der Waals surface area (Å²) < 4.78 is 0. The Balaban J connectivity index is 1.82. The lowest BCUT2D eigenvalue weighted by Gasteiger charge is -2.20. The van der Waals surface area contributed by atoms with E-state index >= 15 is 0 Å². The molecule has 2 N–H and O–H groups in total. The van der Waals surface area contributed by atoms with Gasteiger partial charge in [0, 0.05) is 28.4 Å². The quantitative estimate of drug-likeness (QED) is 0.704. The highest BCUT2D eigenvalue weighted by atomic mass is 32.1. The molecule has 3 aromatic heterocycles. The Morgan fingerprint density at radius 1 is 1.08 bits per heavy atom. The van der Waals surface area contributed by atoms with E-state index in [4.69, 9.17) is 4.98 Å². The van der Waals surface area contributed by atoms with Crippen molar-refractivity contribution in [1.82, 2.24) is 20.3 Å². The standard InChI is InChI=1S/C20H26N4S/c1-11(2)16-17(15-9-12(3)22-13(4)10-15)23-20-18(16)24-19(25-20)14-5-7-21-8-6-14/h9-11,14,21,23H,5-8H2,1-4H3. The van der Waals surface area contributed by atoms with Gasteiger partial charge >= 0.3 is 0 Å². The lowest BCUT2D eigenvalue weighted by molar-refractivity contribution is 0.459. The topological polar surface area (TPSA) is 53.6 Å². The Morgan fingerprint density at radius 3 is 2.40 bits per heavy atom. The van der Waals surface area contributed by atoms with E-state index < -0.39 is 0 Å². The molecule has 1 saturated heterocycles. The molecule has 0 saturated carbocycles. The highest BCUT2D eigenvalue weighted by molar-refractivity contribution is 7.18. The third kappa shape index (κ3) is 3.11. The van der Waals surface area contributed by atoms with Gasteiger partial charge in [-0.15, -0.1) is 11.3 Å². The number of fused-ring (bicyclic) bond motifs is 1. The van der Waals surface area contributed by atoms with Crippen molar-refractivity contribution in [2.24, 2.45) is 0 Å². The highest BCUT2D eigenvalue weighted by Crippen LogP contribution is 2.40. The van der Waals surface area contributed by atoms with Crippen LogP contribution in [-0.4, -0.2) is 28.0 Å². The van der Waals surface area contributed by atoms with Crippen molar-refractivity contribution >= 4 is 21.7 Å². The Labute approximate surface area is 153 Å². The Morgan fingerprint density at radius 2 is 1.76 bits per heavy atom. The van der Waals surface area contributed by atoms with Crippen LogP contribution in [0.25, 0.3) is 21.6 Å². The van der Waals surface area contributed by atoms with E-state index in [-0.39, 0.29) is 0 Å². The van der Waals surface area contributed by atoms with Crippen LogP contribution in [0.15, 0.2) is 12.1 Å². The predicted molar refractivity (Wildman–Crippen MR) is 106 cm³/mol. The molecule has 25 heavy (non-hydrogen) atoms. The van der Waals surface area contributed by atoms with E-state index in [1.54, 1.807) is 0 Å². The summed E-state index contributed by atoms with van der Waals surface area (Å²) >= 11 is 1.85. The van der Waals surface area contributed by atoms with Gasteiger partial charge in [-0.1, -0.05) is 13.8 Å². The van der Waals surface area contributed by atoms with Gasteiger partial charge in [-0.05, 0) is 57.8 Å². The van der Waals surface area contributed by atoms with Gasteiger partial charge in [0.15, 0.2) is 0 Å². The smallest absolute Gasteiger partial charge is 0.121 e. The second-order valence-corrected chi connectivity index (χ2v) is 8.49. The first-order chi connectivity index (χ1) is 12.0. The van der Waals surface area contributed by atoms with Crippen LogP contribution in [0.3, 0.4) is 0 Å². The van der Waals surface area contributed by atoms with Crippen LogP contribution < -0.4 is 5.32 Å². The van der Waals surface area contributed by atoms with Gasteiger partial charge < -0.3 is 10.3 Å². The summed E-state index contributed by atoms with van der Waals surface area (Å²) in [6, 6.07) is 4.34. The molecular formula is C20H26N4S. The van der Waals surface area contributed by atoms with Crippen molar-refractivity contribution in [3.8, 4) is 11.3 Å². The SMILES string of the molecule is Cc1cc(-c2[nH]c3sc(C4CCNCC4)nc3c2C(C)C)cc(C)n1. The van der Waals surface area contributed by atoms with Gasteiger partial charge in [-0.2, -0.15) is 0 Å². The third-order valence-corrected chi connectivity index (χ3v) is 6.18. The zero-order valence-corrected chi connectivity index (χ0v) is 16.3. The first kappa shape index (κ1) is 16.7. The van der Waals surface area contributed by atoms with Crippen molar-refractivity contribution in [3.05, 3.63) is 34.1 Å². The molecule has 132 valence electrons. The number of aromatic nitrogens is 3. The number of nitrogens with zero attached hydrogens (tertiary/aromatic N) is 2. The van der Waals surface area contributed by atoms with Crippen LogP contribution in [0.4, 0.5) is 0 Å². The number of hydrogen-bond acceptors (Lipinski definition) is 4. The molecule has 4 heterocycles. The molecule has 1 aliphatic rings. The number of hydrogen-bond donors (Lipinski definition) is 2. The van der Waals surface area contributed by atoms with Gasteiger partial charge in [0.1, 0.15) is 10.3 Å². The number of aromatic amines is 1. The summed E-state index contributed by atoms with van der Waals surface area (Å²) in [6.07, 6.45) is 2.39. The minimum absolute atomic E-state index is 0.431. The van der Waals surface area contributed by atoms with Gasteiger partial charge in [0.2, 0.25) is 0 Å².